The zero-order valence-corrected chi connectivity index (χ0v) is 9.92. The minimum Gasteiger partial charge on any atom is -0.484 e. The highest BCUT2D eigenvalue weighted by Gasteiger charge is 2.34. The topological polar surface area (TPSA) is 35.2 Å². The molecule has 0 atom stereocenters. The van der Waals surface area contributed by atoms with Crippen LogP contribution in [0.2, 0.25) is 0 Å². The minimum atomic E-state index is -4.71. The molecule has 0 aliphatic carbocycles. The molecule has 0 bridgehead atoms. The predicted molar refractivity (Wildman–Crippen MR) is 58.9 cm³/mol. The van der Waals surface area contributed by atoms with Gasteiger partial charge in [0.05, 0.1) is 5.56 Å². The lowest BCUT2D eigenvalue weighted by Gasteiger charge is -2.14. The first-order valence-corrected chi connectivity index (χ1v) is 5.12. The van der Waals surface area contributed by atoms with E-state index in [-0.39, 0.29) is 0 Å². The van der Waals surface area contributed by atoms with E-state index in [0.717, 1.165) is 12.1 Å². The van der Waals surface area contributed by atoms with Crippen molar-refractivity contribution in [3.8, 4) is 5.75 Å². The monoisotopic (exact) mass is 303 g/mol. The minimum absolute atomic E-state index is 0.395. The van der Waals surface area contributed by atoms with Crippen LogP contribution in [0.5, 0.6) is 5.75 Å². The van der Waals surface area contributed by atoms with Gasteiger partial charge in [0.1, 0.15) is 10.7 Å². The summed E-state index contributed by atoms with van der Waals surface area (Å²) >= 11 is 4.44. The van der Waals surface area contributed by atoms with Gasteiger partial charge in [-0.05, 0) is 18.2 Å². The number of hydrogen-bond acceptors (Lipinski definition) is 2. The molecular formula is C10H7F6NOS. The second-order valence-corrected chi connectivity index (χ2v) is 3.91. The van der Waals surface area contributed by atoms with Crippen LogP contribution >= 0.6 is 12.2 Å². The Morgan fingerprint density at radius 3 is 2.16 bits per heavy atom. The summed E-state index contributed by atoms with van der Waals surface area (Å²) in [4.78, 5) is -0.579. The fraction of sp³-hybridized carbons (Fsp3) is 0.300. The van der Waals surface area contributed by atoms with E-state index < -0.39 is 40.8 Å². The fourth-order valence-corrected chi connectivity index (χ4v) is 1.40. The summed E-state index contributed by atoms with van der Waals surface area (Å²) in [5.41, 5.74) is 3.41. The average Bonchev–Trinajstić information content (AvgIpc) is 2.23. The molecule has 0 aromatic heterocycles. The number of benzene rings is 1. The zero-order valence-electron chi connectivity index (χ0n) is 9.10. The number of ether oxygens (including phenoxy) is 1. The number of hydrogen-bond donors (Lipinski definition) is 1. The van der Waals surface area contributed by atoms with Gasteiger partial charge in [0.2, 0.25) is 0 Å². The molecule has 0 aliphatic rings. The number of thiocarbonyl (C=S) groups is 1. The van der Waals surface area contributed by atoms with Crippen LogP contribution in [0.4, 0.5) is 26.3 Å². The van der Waals surface area contributed by atoms with E-state index in [1.54, 1.807) is 0 Å². The van der Waals surface area contributed by atoms with Gasteiger partial charge in [-0.25, -0.2) is 0 Å². The van der Waals surface area contributed by atoms with E-state index >= 15 is 0 Å². The summed E-state index contributed by atoms with van der Waals surface area (Å²) in [6.07, 6.45) is -9.30. The first-order chi connectivity index (χ1) is 8.50. The summed E-state index contributed by atoms with van der Waals surface area (Å²) < 4.78 is 77.8. The number of halogens is 6. The van der Waals surface area contributed by atoms with Gasteiger partial charge in [-0.15, -0.1) is 0 Å². The van der Waals surface area contributed by atoms with Crippen LogP contribution in [-0.4, -0.2) is 17.8 Å². The maximum absolute atomic E-state index is 12.6. The van der Waals surface area contributed by atoms with Gasteiger partial charge in [0, 0.05) is 5.56 Å². The number of nitrogens with two attached hydrogens (primary N) is 1. The van der Waals surface area contributed by atoms with Gasteiger partial charge in [-0.2, -0.15) is 26.3 Å². The molecule has 0 aliphatic heterocycles. The molecule has 0 amide bonds. The van der Waals surface area contributed by atoms with Crippen molar-refractivity contribution < 1.29 is 31.1 Å². The molecule has 2 N–H and O–H groups in total. The van der Waals surface area contributed by atoms with Gasteiger partial charge in [-0.3, -0.25) is 0 Å². The van der Waals surface area contributed by atoms with Crippen LogP contribution in [0.25, 0.3) is 0 Å². The molecule has 9 heteroatoms. The fourth-order valence-electron chi connectivity index (χ4n) is 1.23. The van der Waals surface area contributed by atoms with Gasteiger partial charge in [-0.1, -0.05) is 12.2 Å². The summed E-state index contributed by atoms with van der Waals surface area (Å²) in [5.74, 6) is -0.395. The SMILES string of the molecule is NC(=S)c1cc(OCC(F)(F)F)ccc1C(F)(F)F. The predicted octanol–water partition coefficient (Wildman–Crippen LogP) is 3.28. The maximum Gasteiger partial charge on any atom is 0.422 e. The molecule has 2 nitrogen and oxygen atoms in total. The molecule has 0 saturated carbocycles. The molecule has 1 rings (SSSR count). The van der Waals surface area contributed by atoms with Gasteiger partial charge in [0.25, 0.3) is 0 Å². The highest BCUT2D eigenvalue weighted by atomic mass is 32.1. The average molecular weight is 303 g/mol. The lowest BCUT2D eigenvalue weighted by atomic mass is 10.1. The van der Waals surface area contributed by atoms with Crippen molar-refractivity contribution in [2.24, 2.45) is 5.73 Å². The van der Waals surface area contributed by atoms with Crippen LogP contribution in [-0.2, 0) is 6.18 Å². The Balaban J connectivity index is 3.07. The highest BCUT2D eigenvalue weighted by molar-refractivity contribution is 7.80. The first-order valence-electron chi connectivity index (χ1n) is 4.71. The molecule has 106 valence electrons. The van der Waals surface area contributed by atoms with Crippen LogP contribution in [0, 0.1) is 0 Å². The second kappa shape index (κ2) is 5.24. The molecule has 1 aromatic rings. The first kappa shape index (κ1) is 15.5. The van der Waals surface area contributed by atoms with Gasteiger partial charge < -0.3 is 10.5 Å². The molecule has 0 spiro atoms. The lowest BCUT2D eigenvalue weighted by molar-refractivity contribution is -0.153. The Labute approximate surface area is 109 Å². The van der Waals surface area contributed by atoms with E-state index in [1.165, 1.54) is 0 Å². The molecule has 19 heavy (non-hydrogen) atoms. The number of alkyl halides is 6. The molecular weight excluding hydrogens is 296 g/mol. The second-order valence-electron chi connectivity index (χ2n) is 3.47. The summed E-state index contributed by atoms with van der Waals surface area (Å²) in [7, 11) is 0. The Bertz CT molecular complexity index is 482. The highest BCUT2D eigenvalue weighted by Crippen LogP contribution is 2.34. The standard InChI is InChI=1S/C10H7F6NOS/c11-9(12,13)4-18-5-1-2-7(10(14,15)16)6(3-5)8(17)19/h1-3H,4H2,(H2,17,19). The summed E-state index contributed by atoms with van der Waals surface area (Å²) in [5, 5.41) is 0. The third-order valence-corrected chi connectivity index (χ3v) is 2.18. The van der Waals surface area contributed by atoms with Crippen molar-refractivity contribution in [3.05, 3.63) is 29.3 Å². The third kappa shape index (κ3) is 4.58. The van der Waals surface area contributed by atoms with Crippen LogP contribution in [0.15, 0.2) is 18.2 Å². The van der Waals surface area contributed by atoms with Gasteiger partial charge >= 0.3 is 12.4 Å². The van der Waals surface area contributed by atoms with Crippen molar-refractivity contribution in [1.29, 1.82) is 0 Å². The molecule has 0 unspecified atom stereocenters. The van der Waals surface area contributed by atoms with E-state index in [4.69, 9.17) is 5.73 Å². The van der Waals surface area contributed by atoms with Crippen molar-refractivity contribution in [2.75, 3.05) is 6.61 Å². The van der Waals surface area contributed by atoms with Crippen molar-refractivity contribution in [1.82, 2.24) is 0 Å². The van der Waals surface area contributed by atoms with E-state index in [9.17, 15) is 26.3 Å². The third-order valence-electron chi connectivity index (χ3n) is 1.96. The van der Waals surface area contributed by atoms with Crippen molar-refractivity contribution in [2.45, 2.75) is 12.4 Å². The van der Waals surface area contributed by atoms with E-state index in [2.05, 4.69) is 17.0 Å². The maximum atomic E-state index is 12.6. The van der Waals surface area contributed by atoms with Crippen LogP contribution < -0.4 is 10.5 Å². The van der Waals surface area contributed by atoms with Crippen molar-refractivity contribution in [3.63, 3.8) is 0 Å². The largest absolute Gasteiger partial charge is 0.484 e. The quantitative estimate of drug-likeness (QED) is 0.687. The Kier molecular flexibility index (Phi) is 4.28. The normalized spacial score (nSPS) is 12.3. The number of rotatable bonds is 3. The Hall–Kier alpha value is -1.51. The molecule has 0 fully saturated rings. The zero-order chi connectivity index (χ0) is 14.8. The smallest absolute Gasteiger partial charge is 0.422 e. The summed E-state index contributed by atoms with van der Waals surface area (Å²) in [6.45, 7) is -1.62. The van der Waals surface area contributed by atoms with Crippen molar-refractivity contribution >= 4 is 17.2 Å². The van der Waals surface area contributed by atoms with Crippen LogP contribution in [0.1, 0.15) is 11.1 Å². The van der Waals surface area contributed by atoms with Crippen LogP contribution in [0.3, 0.4) is 0 Å². The molecule has 1 aromatic carbocycles. The van der Waals surface area contributed by atoms with E-state index in [0.29, 0.717) is 6.07 Å². The van der Waals surface area contributed by atoms with E-state index in [1.807, 2.05) is 0 Å². The lowest BCUT2D eigenvalue weighted by Crippen LogP contribution is -2.21. The molecule has 0 radical (unpaired) electrons. The van der Waals surface area contributed by atoms with Gasteiger partial charge in [0.15, 0.2) is 6.61 Å². The Morgan fingerprint density at radius 2 is 1.74 bits per heavy atom. The molecule has 0 heterocycles. The Morgan fingerprint density at radius 1 is 1.16 bits per heavy atom. The summed E-state index contributed by atoms with van der Waals surface area (Å²) in [6, 6.07) is 2.08. The molecule has 0 saturated heterocycles.